The molecule has 0 aliphatic carbocycles. The Balaban J connectivity index is 1.40. The normalized spacial score (nSPS) is 13.1. The van der Waals surface area contributed by atoms with Gasteiger partial charge in [0.05, 0.1) is 23.9 Å². The van der Waals surface area contributed by atoms with Gasteiger partial charge in [0.1, 0.15) is 12.4 Å². The van der Waals surface area contributed by atoms with E-state index in [1.807, 2.05) is 42.6 Å². The first kappa shape index (κ1) is 20.0. The minimum Gasteiger partial charge on any atom is -0.490 e. The molecule has 4 rings (SSSR count). The third-order valence-corrected chi connectivity index (χ3v) is 5.21. The Morgan fingerprint density at radius 2 is 2.03 bits per heavy atom. The average molecular weight is 423 g/mol. The largest absolute Gasteiger partial charge is 0.490 e. The van der Waals surface area contributed by atoms with Crippen molar-refractivity contribution in [3.8, 4) is 17.2 Å². The molecule has 1 N–H and O–H groups in total. The van der Waals surface area contributed by atoms with Crippen LogP contribution in [0.1, 0.15) is 22.7 Å². The summed E-state index contributed by atoms with van der Waals surface area (Å²) in [4.78, 5) is 16.8. The third kappa shape index (κ3) is 5.18. The van der Waals surface area contributed by atoms with Gasteiger partial charge < -0.3 is 19.5 Å². The van der Waals surface area contributed by atoms with E-state index in [1.165, 1.54) is 6.08 Å². The number of nitrogens with zero attached hydrogens (tertiary/aromatic N) is 1. The standard InChI is InChI=1S/C23H22N2O4S/c1-16-24-19(15-30-16)14-29-20-6-3-2-5-17(20)7-10-23(26)25-18-8-9-21-22(13-18)28-12-4-11-27-21/h2-3,5-10,13,15H,4,11-12,14H2,1H3,(H,25,26)/b10-7+. The smallest absolute Gasteiger partial charge is 0.248 e. The Bertz CT molecular complexity index is 1060. The highest BCUT2D eigenvalue weighted by atomic mass is 32.1. The summed E-state index contributed by atoms with van der Waals surface area (Å²) in [6.45, 7) is 3.58. The first-order valence-corrected chi connectivity index (χ1v) is 10.6. The molecule has 0 saturated carbocycles. The molecule has 0 saturated heterocycles. The van der Waals surface area contributed by atoms with Crippen molar-refractivity contribution in [3.05, 3.63) is 70.2 Å². The van der Waals surface area contributed by atoms with Gasteiger partial charge in [-0.25, -0.2) is 4.98 Å². The van der Waals surface area contributed by atoms with Crippen molar-refractivity contribution in [2.45, 2.75) is 20.0 Å². The van der Waals surface area contributed by atoms with Crippen LogP contribution in [0.25, 0.3) is 6.08 Å². The molecule has 0 radical (unpaired) electrons. The fraction of sp³-hybridized carbons (Fsp3) is 0.217. The maximum Gasteiger partial charge on any atom is 0.248 e. The quantitative estimate of drug-likeness (QED) is 0.576. The molecule has 0 unspecified atom stereocenters. The molecule has 2 aromatic carbocycles. The lowest BCUT2D eigenvalue weighted by Gasteiger charge is -2.10. The predicted molar refractivity (Wildman–Crippen MR) is 117 cm³/mol. The van der Waals surface area contributed by atoms with Gasteiger partial charge in [-0.1, -0.05) is 18.2 Å². The summed E-state index contributed by atoms with van der Waals surface area (Å²) < 4.78 is 17.2. The fourth-order valence-corrected chi connectivity index (χ4v) is 3.56. The van der Waals surface area contributed by atoms with E-state index in [1.54, 1.807) is 29.5 Å². The van der Waals surface area contributed by atoms with Gasteiger partial charge in [-0.15, -0.1) is 11.3 Å². The Kier molecular flexibility index (Phi) is 6.29. The van der Waals surface area contributed by atoms with Gasteiger partial charge in [0.25, 0.3) is 0 Å². The van der Waals surface area contributed by atoms with Gasteiger partial charge in [0.2, 0.25) is 5.91 Å². The number of anilines is 1. The lowest BCUT2D eigenvalue weighted by Crippen LogP contribution is -2.08. The second kappa shape index (κ2) is 9.45. The highest BCUT2D eigenvalue weighted by Crippen LogP contribution is 2.32. The van der Waals surface area contributed by atoms with Crippen LogP contribution in [0.5, 0.6) is 17.2 Å². The topological polar surface area (TPSA) is 69.7 Å². The van der Waals surface area contributed by atoms with Gasteiger partial charge in [0, 0.05) is 35.2 Å². The van der Waals surface area contributed by atoms with Gasteiger partial charge in [0.15, 0.2) is 11.5 Å². The highest BCUT2D eigenvalue weighted by Gasteiger charge is 2.11. The molecular weight excluding hydrogens is 400 g/mol. The third-order valence-electron chi connectivity index (χ3n) is 4.39. The number of aromatic nitrogens is 1. The van der Waals surface area contributed by atoms with Crippen LogP contribution < -0.4 is 19.5 Å². The molecule has 6 nitrogen and oxygen atoms in total. The van der Waals surface area contributed by atoms with Crippen molar-refractivity contribution in [2.75, 3.05) is 18.5 Å². The van der Waals surface area contributed by atoms with E-state index in [0.717, 1.165) is 22.7 Å². The van der Waals surface area contributed by atoms with Gasteiger partial charge >= 0.3 is 0 Å². The van der Waals surface area contributed by atoms with E-state index in [9.17, 15) is 4.79 Å². The molecule has 7 heteroatoms. The van der Waals surface area contributed by atoms with E-state index < -0.39 is 0 Å². The number of aryl methyl sites for hydroxylation is 1. The average Bonchev–Trinajstić information content (AvgIpc) is 3.03. The zero-order chi connectivity index (χ0) is 20.8. The number of ether oxygens (including phenoxy) is 3. The van der Waals surface area contributed by atoms with E-state index in [4.69, 9.17) is 14.2 Å². The summed E-state index contributed by atoms with van der Waals surface area (Å²) >= 11 is 1.59. The van der Waals surface area contributed by atoms with Crippen LogP contribution in [0.15, 0.2) is 53.9 Å². The summed E-state index contributed by atoms with van der Waals surface area (Å²) in [6, 6.07) is 13.0. The first-order chi connectivity index (χ1) is 14.7. The monoisotopic (exact) mass is 422 g/mol. The molecular formula is C23H22N2O4S. The maximum absolute atomic E-state index is 12.4. The molecule has 0 atom stereocenters. The molecule has 154 valence electrons. The van der Waals surface area contributed by atoms with Gasteiger partial charge in [-0.05, 0) is 31.2 Å². The lowest BCUT2D eigenvalue weighted by atomic mass is 10.2. The Morgan fingerprint density at radius 3 is 2.87 bits per heavy atom. The zero-order valence-electron chi connectivity index (χ0n) is 16.6. The summed E-state index contributed by atoms with van der Waals surface area (Å²) in [7, 11) is 0. The number of thiazole rings is 1. The highest BCUT2D eigenvalue weighted by molar-refractivity contribution is 7.09. The van der Waals surface area contributed by atoms with E-state index >= 15 is 0 Å². The minimum atomic E-state index is -0.241. The van der Waals surface area contributed by atoms with Crippen molar-refractivity contribution in [3.63, 3.8) is 0 Å². The van der Waals surface area contributed by atoms with Crippen molar-refractivity contribution in [1.29, 1.82) is 0 Å². The molecule has 1 aromatic heterocycles. The summed E-state index contributed by atoms with van der Waals surface area (Å²) in [6.07, 6.45) is 4.06. The minimum absolute atomic E-state index is 0.241. The number of fused-ring (bicyclic) bond motifs is 1. The zero-order valence-corrected chi connectivity index (χ0v) is 17.4. The van der Waals surface area contributed by atoms with Crippen molar-refractivity contribution < 1.29 is 19.0 Å². The Morgan fingerprint density at radius 1 is 1.20 bits per heavy atom. The van der Waals surface area contributed by atoms with Crippen LogP contribution in [-0.4, -0.2) is 24.1 Å². The number of nitrogens with one attached hydrogen (secondary N) is 1. The van der Waals surface area contributed by atoms with Crippen molar-refractivity contribution in [1.82, 2.24) is 4.98 Å². The summed E-state index contributed by atoms with van der Waals surface area (Å²) in [5.74, 6) is 1.80. The SMILES string of the molecule is Cc1nc(COc2ccccc2/C=C/C(=O)Nc2ccc3c(c2)OCCCO3)cs1. The van der Waals surface area contributed by atoms with Crippen LogP contribution in [0.2, 0.25) is 0 Å². The van der Waals surface area contributed by atoms with Gasteiger partial charge in [-0.2, -0.15) is 0 Å². The molecule has 1 aliphatic rings. The second-order valence-corrected chi connectivity index (χ2v) is 7.78. The Hall–Kier alpha value is -3.32. The number of amides is 1. The van der Waals surface area contributed by atoms with Crippen LogP contribution >= 0.6 is 11.3 Å². The number of para-hydroxylation sites is 1. The van der Waals surface area contributed by atoms with E-state index in [2.05, 4.69) is 10.3 Å². The molecule has 1 aliphatic heterocycles. The van der Waals surface area contributed by atoms with Crippen molar-refractivity contribution >= 4 is 29.0 Å². The van der Waals surface area contributed by atoms with E-state index in [-0.39, 0.29) is 5.91 Å². The molecule has 1 amide bonds. The van der Waals surface area contributed by atoms with Gasteiger partial charge in [-0.3, -0.25) is 4.79 Å². The molecule has 0 fully saturated rings. The second-order valence-electron chi connectivity index (χ2n) is 6.72. The Labute approximate surface area is 179 Å². The molecule has 0 bridgehead atoms. The number of hydrogen-bond acceptors (Lipinski definition) is 6. The number of carbonyl (C=O) groups excluding carboxylic acids is 1. The maximum atomic E-state index is 12.4. The van der Waals surface area contributed by atoms with Crippen LogP contribution in [0, 0.1) is 6.92 Å². The predicted octanol–water partition coefficient (Wildman–Crippen LogP) is 4.84. The first-order valence-electron chi connectivity index (χ1n) is 9.69. The summed E-state index contributed by atoms with van der Waals surface area (Å²) in [5.41, 5.74) is 2.36. The van der Waals surface area contributed by atoms with Crippen LogP contribution in [0.3, 0.4) is 0 Å². The summed E-state index contributed by atoms with van der Waals surface area (Å²) in [5, 5.41) is 5.84. The molecule has 0 spiro atoms. The number of carbonyl (C=O) groups is 1. The van der Waals surface area contributed by atoms with Crippen LogP contribution in [-0.2, 0) is 11.4 Å². The molecule has 30 heavy (non-hydrogen) atoms. The lowest BCUT2D eigenvalue weighted by molar-refractivity contribution is -0.111. The molecule has 2 heterocycles. The number of hydrogen-bond donors (Lipinski definition) is 1. The van der Waals surface area contributed by atoms with Crippen molar-refractivity contribution in [2.24, 2.45) is 0 Å². The number of benzene rings is 2. The van der Waals surface area contributed by atoms with Crippen LogP contribution in [0.4, 0.5) is 5.69 Å². The fourth-order valence-electron chi connectivity index (χ4n) is 2.97. The molecule has 3 aromatic rings. The number of rotatable bonds is 6. The van der Waals surface area contributed by atoms with E-state index in [0.29, 0.717) is 42.8 Å².